The first kappa shape index (κ1) is 10.2. The summed E-state index contributed by atoms with van der Waals surface area (Å²) >= 11 is 7.54. The summed E-state index contributed by atoms with van der Waals surface area (Å²) in [5.41, 5.74) is 5.55. The van der Waals surface area contributed by atoms with Gasteiger partial charge in [0.1, 0.15) is 5.15 Å². The molecule has 78 valence electrons. The Morgan fingerprint density at radius 1 is 1.50 bits per heavy atom. The molecule has 1 aromatic heterocycles. The van der Waals surface area contributed by atoms with Crippen LogP contribution >= 0.6 is 22.9 Å². The van der Waals surface area contributed by atoms with Gasteiger partial charge < -0.3 is 16.0 Å². The third-order valence-corrected chi connectivity index (χ3v) is 3.77. The predicted octanol–water partition coefficient (Wildman–Crippen LogP) is 0.665. The number of piperazine rings is 1. The maximum absolute atomic E-state index is 5.94. The molecule has 3 N–H and O–H groups in total. The molecule has 0 radical (unpaired) electrons. The molecule has 1 aromatic rings. The van der Waals surface area contributed by atoms with Crippen LogP contribution in [0.1, 0.15) is 4.88 Å². The second kappa shape index (κ2) is 4.44. The van der Waals surface area contributed by atoms with Crippen molar-refractivity contribution in [2.45, 2.75) is 6.54 Å². The molecule has 0 bridgehead atoms. The van der Waals surface area contributed by atoms with Crippen LogP contribution < -0.4 is 16.0 Å². The topological polar surface area (TPSA) is 54.2 Å². The Morgan fingerprint density at radius 2 is 2.21 bits per heavy atom. The summed E-state index contributed by atoms with van der Waals surface area (Å²) < 4.78 is 0. The SMILES string of the molecule is NCc1sc(N2CCNCC2)nc1Cl. The minimum Gasteiger partial charge on any atom is -0.345 e. The van der Waals surface area contributed by atoms with Crippen LogP contribution in [-0.4, -0.2) is 31.2 Å². The highest BCUT2D eigenvalue weighted by molar-refractivity contribution is 7.16. The third-order valence-electron chi connectivity index (χ3n) is 2.21. The summed E-state index contributed by atoms with van der Waals surface area (Å²) in [6.07, 6.45) is 0. The van der Waals surface area contributed by atoms with E-state index in [1.165, 1.54) is 0 Å². The van der Waals surface area contributed by atoms with Gasteiger partial charge in [0, 0.05) is 32.7 Å². The molecule has 1 saturated heterocycles. The van der Waals surface area contributed by atoms with E-state index in [2.05, 4.69) is 15.2 Å². The van der Waals surface area contributed by atoms with Gasteiger partial charge in [-0.2, -0.15) is 0 Å². The van der Waals surface area contributed by atoms with Crippen LogP contribution in [-0.2, 0) is 6.54 Å². The van der Waals surface area contributed by atoms with Crippen molar-refractivity contribution in [3.63, 3.8) is 0 Å². The monoisotopic (exact) mass is 232 g/mol. The summed E-state index contributed by atoms with van der Waals surface area (Å²) in [5, 5.41) is 4.86. The van der Waals surface area contributed by atoms with E-state index >= 15 is 0 Å². The van der Waals surface area contributed by atoms with Crippen molar-refractivity contribution >= 4 is 28.1 Å². The molecule has 1 aliphatic rings. The number of thiazole rings is 1. The van der Waals surface area contributed by atoms with Crippen molar-refractivity contribution < 1.29 is 0 Å². The summed E-state index contributed by atoms with van der Waals surface area (Å²) in [4.78, 5) is 7.52. The average molecular weight is 233 g/mol. The smallest absolute Gasteiger partial charge is 0.187 e. The van der Waals surface area contributed by atoms with E-state index < -0.39 is 0 Å². The van der Waals surface area contributed by atoms with Crippen molar-refractivity contribution in [3.8, 4) is 0 Å². The van der Waals surface area contributed by atoms with Crippen LogP contribution in [0.25, 0.3) is 0 Å². The molecule has 1 fully saturated rings. The first-order valence-corrected chi connectivity index (χ1v) is 5.81. The standard InChI is InChI=1S/C8H13ClN4S/c9-7-6(5-10)14-8(12-7)13-3-1-11-2-4-13/h11H,1-5,10H2. The molecule has 1 aliphatic heterocycles. The average Bonchev–Trinajstić information content (AvgIpc) is 2.61. The lowest BCUT2D eigenvalue weighted by Crippen LogP contribution is -2.43. The summed E-state index contributed by atoms with van der Waals surface area (Å²) in [6, 6.07) is 0. The Labute approximate surface area is 92.1 Å². The largest absolute Gasteiger partial charge is 0.345 e. The minimum atomic E-state index is 0.475. The van der Waals surface area contributed by atoms with Gasteiger partial charge >= 0.3 is 0 Å². The van der Waals surface area contributed by atoms with Gasteiger partial charge in [0.25, 0.3) is 0 Å². The van der Waals surface area contributed by atoms with E-state index in [1.54, 1.807) is 11.3 Å². The van der Waals surface area contributed by atoms with Gasteiger partial charge in [0.15, 0.2) is 5.13 Å². The van der Waals surface area contributed by atoms with Gasteiger partial charge in [-0.15, -0.1) is 0 Å². The Morgan fingerprint density at radius 3 is 2.79 bits per heavy atom. The highest BCUT2D eigenvalue weighted by atomic mass is 35.5. The second-order valence-corrected chi connectivity index (χ2v) is 4.57. The number of rotatable bonds is 2. The van der Waals surface area contributed by atoms with E-state index in [1.807, 2.05) is 0 Å². The van der Waals surface area contributed by atoms with Gasteiger partial charge in [-0.05, 0) is 0 Å². The molecule has 4 nitrogen and oxygen atoms in total. The normalized spacial score (nSPS) is 17.4. The molecule has 0 amide bonds. The molecule has 0 aliphatic carbocycles. The fourth-order valence-corrected chi connectivity index (χ4v) is 2.64. The Bertz CT molecular complexity index is 308. The van der Waals surface area contributed by atoms with Crippen LogP contribution in [0.2, 0.25) is 5.15 Å². The van der Waals surface area contributed by atoms with Crippen molar-refractivity contribution in [2.24, 2.45) is 5.73 Å². The number of hydrogen-bond donors (Lipinski definition) is 2. The molecule has 0 atom stereocenters. The third kappa shape index (κ3) is 2.00. The molecule has 6 heteroatoms. The first-order valence-electron chi connectivity index (χ1n) is 4.62. The Hall–Kier alpha value is -0.360. The molecule has 2 rings (SSSR count). The van der Waals surface area contributed by atoms with Gasteiger partial charge in [0.2, 0.25) is 0 Å². The van der Waals surface area contributed by atoms with Gasteiger partial charge in [-0.25, -0.2) is 4.98 Å². The number of anilines is 1. The van der Waals surface area contributed by atoms with E-state index in [-0.39, 0.29) is 0 Å². The fraction of sp³-hybridized carbons (Fsp3) is 0.625. The summed E-state index contributed by atoms with van der Waals surface area (Å²) in [5.74, 6) is 0. The fourth-order valence-electron chi connectivity index (χ4n) is 1.44. The summed E-state index contributed by atoms with van der Waals surface area (Å²) in [7, 11) is 0. The molecular weight excluding hydrogens is 220 g/mol. The highest BCUT2D eigenvalue weighted by Crippen LogP contribution is 2.29. The molecular formula is C8H13ClN4S. The van der Waals surface area contributed by atoms with Crippen molar-refractivity contribution in [1.82, 2.24) is 10.3 Å². The lowest BCUT2D eigenvalue weighted by Gasteiger charge is -2.26. The van der Waals surface area contributed by atoms with Crippen LogP contribution in [0.4, 0.5) is 5.13 Å². The van der Waals surface area contributed by atoms with Crippen molar-refractivity contribution in [3.05, 3.63) is 10.0 Å². The van der Waals surface area contributed by atoms with E-state index in [4.69, 9.17) is 17.3 Å². The zero-order valence-corrected chi connectivity index (χ0v) is 9.37. The van der Waals surface area contributed by atoms with Crippen LogP contribution in [0.15, 0.2) is 0 Å². The second-order valence-electron chi connectivity index (χ2n) is 3.15. The molecule has 14 heavy (non-hydrogen) atoms. The number of aromatic nitrogens is 1. The predicted molar refractivity (Wildman–Crippen MR) is 60.1 cm³/mol. The van der Waals surface area contributed by atoms with Gasteiger partial charge in [0.05, 0.1) is 4.88 Å². The maximum atomic E-state index is 5.94. The number of halogens is 1. The van der Waals surface area contributed by atoms with Crippen LogP contribution in [0.3, 0.4) is 0 Å². The molecule has 0 spiro atoms. The van der Waals surface area contributed by atoms with Crippen molar-refractivity contribution in [1.29, 1.82) is 0 Å². The highest BCUT2D eigenvalue weighted by Gasteiger charge is 2.16. The van der Waals surface area contributed by atoms with Gasteiger partial charge in [-0.3, -0.25) is 0 Å². The van der Waals surface area contributed by atoms with E-state index in [0.29, 0.717) is 11.7 Å². The summed E-state index contributed by atoms with van der Waals surface area (Å²) in [6.45, 7) is 4.48. The quantitative estimate of drug-likeness (QED) is 0.787. The first-order chi connectivity index (χ1) is 6.81. The number of nitrogens with one attached hydrogen (secondary N) is 1. The number of nitrogens with two attached hydrogens (primary N) is 1. The zero-order valence-electron chi connectivity index (χ0n) is 7.79. The maximum Gasteiger partial charge on any atom is 0.187 e. The van der Waals surface area contributed by atoms with Gasteiger partial charge in [-0.1, -0.05) is 22.9 Å². The zero-order chi connectivity index (χ0) is 9.97. The molecule has 0 saturated carbocycles. The van der Waals surface area contributed by atoms with Crippen molar-refractivity contribution in [2.75, 3.05) is 31.1 Å². The molecule has 0 unspecified atom stereocenters. The Balaban J connectivity index is 2.14. The number of hydrogen-bond acceptors (Lipinski definition) is 5. The van der Waals surface area contributed by atoms with E-state index in [9.17, 15) is 0 Å². The number of nitrogens with zero attached hydrogens (tertiary/aromatic N) is 2. The Kier molecular flexibility index (Phi) is 3.22. The van der Waals surface area contributed by atoms with E-state index in [0.717, 1.165) is 36.2 Å². The van der Waals surface area contributed by atoms with Crippen LogP contribution in [0, 0.1) is 0 Å². The lowest BCUT2D eigenvalue weighted by atomic mass is 10.4. The minimum absolute atomic E-state index is 0.475. The van der Waals surface area contributed by atoms with Crippen LogP contribution in [0.5, 0.6) is 0 Å². The molecule has 0 aromatic carbocycles. The molecule has 2 heterocycles. The lowest BCUT2D eigenvalue weighted by molar-refractivity contribution is 0.588.